The summed E-state index contributed by atoms with van der Waals surface area (Å²) in [6, 6.07) is 16.2. The highest BCUT2D eigenvalue weighted by atomic mass is 16.6. The van der Waals surface area contributed by atoms with E-state index in [-0.39, 0.29) is 31.8 Å². The first kappa shape index (κ1) is 29.7. The van der Waals surface area contributed by atoms with Gasteiger partial charge in [-0.2, -0.15) is 0 Å². The highest BCUT2D eigenvalue weighted by molar-refractivity contribution is 5.97. The molecule has 1 aromatic heterocycles. The minimum absolute atomic E-state index is 0.0974. The van der Waals surface area contributed by atoms with Crippen molar-refractivity contribution in [3.05, 3.63) is 83.6 Å². The fourth-order valence-electron chi connectivity index (χ4n) is 4.83. The van der Waals surface area contributed by atoms with Crippen LogP contribution in [0.3, 0.4) is 0 Å². The molecule has 41 heavy (non-hydrogen) atoms. The van der Waals surface area contributed by atoms with E-state index in [4.69, 9.17) is 14.2 Å². The lowest BCUT2D eigenvalue weighted by molar-refractivity contribution is -0.145. The van der Waals surface area contributed by atoms with Crippen molar-refractivity contribution in [2.45, 2.75) is 58.8 Å². The fourth-order valence-corrected chi connectivity index (χ4v) is 4.83. The molecular weight excluding hydrogens is 524 g/mol. The highest BCUT2D eigenvalue weighted by Crippen LogP contribution is 2.39. The second kappa shape index (κ2) is 13.0. The number of nitrogens with zero attached hydrogens (tertiary/aromatic N) is 2. The van der Waals surface area contributed by atoms with Crippen molar-refractivity contribution in [3.8, 4) is 0 Å². The van der Waals surface area contributed by atoms with Crippen LogP contribution < -0.4 is 0 Å². The number of fused-ring (bicyclic) bond motifs is 1. The van der Waals surface area contributed by atoms with Crippen molar-refractivity contribution in [3.63, 3.8) is 0 Å². The van der Waals surface area contributed by atoms with E-state index in [1.807, 2.05) is 59.5 Å². The number of hydrogen-bond acceptors (Lipinski definition) is 8. The van der Waals surface area contributed by atoms with Crippen molar-refractivity contribution < 1.29 is 33.4 Å². The standard InChI is InChI=1S/C32H36N2O7/c1-5-39-28(36)19-23(35)15-17-33-18-16-25(30(37)40-21-22-11-7-6-8-12-22)29(33)26-20-34(31(38)41-32(2,3)4)27-14-10-9-13-24(26)27/h6-14,16,20,29H,5,15,17-19,21H2,1-4H3. The van der Waals surface area contributed by atoms with Gasteiger partial charge in [-0.15, -0.1) is 0 Å². The zero-order valence-electron chi connectivity index (χ0n) is 23.9. The first-order valence-electron chi connectivity index (χ1n) is 13.7. The summed E-state index contributed by atoms with van der Waals surface area (Å²) < 4.78 is 17.7. The van der Waals surface area contributed by atoms with Crippen molar-refractivity contribution >= 4 is 34.7 Å². The number of Topliss-reactive ketones (excluding diaryl/α,β-unsaturated/α-hetero) is 1. The van der Waals surface area contributed by atoms with Gasteiger partial charge in [0, 0.05) is 36.7 Å². The molecule has 0 bridgehead atoms. The molecule has 0 saturated heterocycles. The minimum Gasteiger partial charge on any atom is -0.466 e. The van der Waals surface area contributed by atoms with E-state index in [0.717, 1.165) is 10.9 Å². The van der Waals surface area contributed by atoms with Crippen LogP contribution in [0.15, 0.2) is 72.4 Å². The predicted octanol–water partition coefficient (Wildman–Crippen LogP) is 5.36. The van der Waals surface area contributed by atoms with Crippen LogP contribution in [0.4, 0.5) is 4.79 Å². The first-order valence-corrected chi connectivity index (χ1v) is 13.7. The summed E-state index contributed by atoms with van der Waals surface area (Å²) in [4.78, 5) is 52.9. The topological polar surface area (TPSA) is 104 Å². The van der Waals surface area contributed by atoms with Crippen LogP contribution in [0, 0.1) is 0 Å². The molecule has 1 aliphatic rings. The molecule has 1 aliphatic heterocycles. The molecular formula is C32H36N2O7. The van der Waals surface area contributed by atoms with E-state index in [2.05, 4.69) is 0 Å². The maximum Gasteiger partial charge on any atom is 0.419 e. The van der Waals surface area contributed by atoms with Crippen LogP contribution in [0.25, 0.3) is 10.9 Å². The maximum atomic E-state index is 13.4. The molecule has 9 nitrogen and oxygen atoms in total. The number of benzene rings is 2. The molecule has 1 unspecified atom stereocenters. The number of esters is 2. The second-order valence-corrected chi connectivity index (χ2v) is 10.8. The molecule has 9 heteroatoms. The number of para-hydroxylation sites is 1. The zero-order valence-corrected chi connectivity index (χ0v) is 23.9. The Hall–Kier alpha value is -4.24. The summed E-state index contributed by atoms with van der Waals surface area (Å²) >= 11 is 0. The number of ketones is 1. The lowest BCUT2D eigenvalue weighted by Gasteiger charge is -2.26. The molecule has 0 amide bonds. The fraction of sp³-hybridized carbons (Fsp3) is 0.375. The summed E-state index contributed by atoms with van der Waals surface area (Å²) in [5.41, 5.74) is 1.93. The molecule has 2 heterocycles. The van der Waals surface area contributed by atoms with E-state index in [1.165, 1.54) is 4.57 Å². The molecule has 1 atom stereocenters. The predicted molar refractivity (Wildman–Crippen MR) is 153 cm³/mol. The normalized spacial score (nSPS) is 15.4. The largest absolute Gasteiger partial charge is 0.466 e. The van der Waals surface area contributed by atoms with Crippen LogP contribution in [-0.4, -0.2) is 58.6 Å². The van der Waals surface area contributed by atoms with E-state index < -0.39 is 29.7 Å². The van der Waals surface area contributed by atoms with Crippen molar-refractivity contribution in [1.82, 2.24) is 9.47 Å². The molecule has 3 aromatic rings. The van der Waals surface area contributed by atoms with Gasteiger partial charge >= 0.3 is 18.0 Å². The lowest BCUT2D eigenvalue weighted by Crippen LogP contribution is -2.30. The van der Waals surface area contributed by atoms with Crippen molar-refractivity contribution in [2.75, 3.05) is 19.7 Å². The van der Waals surface area contributed by atoms with Gasteiger partial charge in [0.15, 0.2) is 0 Å². The van der Waals surface area contributed by atoms with Crippen LogP contribution in [0.1, 0.15) is 57.7 Å². The maximum absolute atomic E-state index is 13.4. The number of carbonyl (C=O) groups excluding carboxylic acids is 4. The SMILES string of the molecule is CCOC(=O)CC(=O)CCN1CC=C(C(=O)OCc2ccccc2)C1c1cn(C(=O)OC(C)(C)C)c2ccccc12. The Morgan fingerprint density at radius 2 is 1.66 bits per heavy atom. The second-order valence-electron chi connectivity index (χ2n) is 10.8. The summed E-state index contributed by atoms with van der Waals surface area (Å²) in [6.45, 7) is 8.09. The van der Waals surface area contributed by atoms with Gasteiger partial charge < -0.3 is 14.2 Å². The number of aromatic nitrogens is 1. The van der Waals surface area contributed by atoms with Gasteiger partial charge in [0.2, 0.25) is 0 Å². The van der Waals surface area contributed by atoms with Gasteiger partial charge in [-0.1, -0.05) is 54.6 Å². The van der Waals surface area contributed by atoms with E-state index in [1.54, 1.807) is 40.0 Å². The Labute approximate surface area is 239 Å². The Morgan fingerprint density at radius 1 is 0.951 bits per heavy atom. The third kappa shape index (κ3) is 7.49. The smallest absolute Gasteiger partial charge is 0.419 e. The number of hydrogen-bond donors (Lipinski definition) is 0. The number of ether oxygens (including phenoxy) is 3. The zero-order chi connectivity index (χ0) is 29.6. The summed E-state index contributed by atoms with van der Waals surface area (Å²) in [5.74, 6) is -1.29. The molecule has 2 aromatic carbocycles. The molecule has 216 valence electrons. The van der Waals surface area contributed by atoms with Gasteiger partial charge in [-0.25, -0.2) is 9.59 Å². The quantitative estimate of drug-likeness (QED) is 0.185. The lowest BCUT2D eigenvalue weighted by atomic mass is 9.98. The molecule has 0 aliphatic carbocycles. The molecule has 0 saturated carbocycles. The average Bonchev–Trinajstić information content (AvgIpc) is 3.52. The van der Waals surface area contributed by atoms with Crippen LogP contribution in [0.2, 0.25) is 0 Å². The van der Waals surface area contributed by atoms with Gasteiger partial charge in [0.25, 0.3) is 0 Å². The van der Waals surface area contributed by atoms with Crippen LogP contribution >= 0.6 is 0 Å². The Bertz CT molecular complexity index is 1450. The number of carbonyl (C=O) groups is 4. The summed E-state index contributed by atoms with van der Waals surface area (Å²) in [6.07, 6.45) is 2.75. The molecule has 0 fully saturated rings. The monoisotopic (exact) mass is 560 g/mol. The first-order chi connectivity index (χ1) is 19.6. The van der Waals surface area contributed by atoms with Gasteiger partial charge in [0.05, 0.1) is 23.7 Å². The summed E-state index contributed by atoms with van der Waals surface area (Å²) in [5, 5.41) is 0.773. The van der Waals surface area contributed by atoms with Crippen molar-refractivity contribution in [1.29, 1.82) is 0 Å². The van der Waals surface area contributed by atoms with E-state index >= 15 is 0 Å². The Kier molecular flexibility index (Phi) is 9.39. The van der Waals surface area contributed by atoms with Gasteiger partial charge in [-0.05, 0) is 39.3 Å². The summed E-state index contributed by atoms with van der Waals surface area (Å²) in [7, 11) is 0. The molecule has 0 spiro atoms. The highest BCUT2D eigenvalue weighted by Gasteiger charge is 2.36. The van der Waals surface area contributed by atoms with E-state index in [9.17, 15) is 19.2 Å². The van der Waals surface area contributed by atoms with E-state index in [0.29, 0.717) is 29.7 Å². The third-order valence-electron chi connectivity index (χ3n) is 6.61. The van der Waals surface area contributed by atoms with Crippen LogP contribution in [0.5, 0.6) is 0 Å². The molecule has 0 radical (unpaired) electrons. The minimum atomic E-state index is -0.701. The third-order valence-corrected chi connectivity index (χ3v) is 6.61. The van der Waals surface area contributed by atoms with Gasteiger partial charge in [-0.3, -0.25) is 19.1 Å². The Balaban J connectivity index is 1.65. The Morgan fingerprint density at radius 3 is 2.37 bits per heavy atom. The van der Waals surface area contributed by atoms with Gasteiger partial charge in [0.1, 0.15) is 24.4 Å². The molecule has 4 rings (SSSR count). The molecule has 0 N–H and O–H groups in total. The van der Waals surface area contributed by atoms with Crippen LogP contribution in [-0.2, 0) is 35.2 Å². The van der Waals surface area contributed by atoms with Crippen molar-refractivity contribution in [2.24, 2.45) is 0 Å². The average molecular weight is 561 g/mol. The number of rotatable bonds is 10.